The van der Waals surface area contributed by atoms with Crippen LogP contribution in [0.3, 0.4) is 0 Å². The van der Waals surface area contributed by atoms with Gasteiger partial charge in [-0.2, -0.15) is 9.98 Å². The second-order valence-electron chi connectivity index (χ2n) is 4.26. The number of thioether (sulfide) groups is 1. The molecule has 0 saturated carbocycles. The van der Waals surface area contributed by atoms with E-state index in [9.17, 15) is 18.4 Å². The zero-order valence-corrected chi connectivity index (χ0v) is 11.9. The summed E-state index contributed by atoms with van der Waals surface area (Å²) in [5.74, 6) is -3.42. The number of hydrogen-bond acceptors (Lipinski definition) is 4. The number of amidine groups is 1. The minimum atomic E-state index is -1.08. The van der Waals surface area contributed by atoms with Gasteiger partial charge in [-0.3, -0.25) is 9.59 Å². The standard InChI is InChI=1S/C12H11F2N5O2S/c13-6-2-1-5(3-7(6)14)17-9(20)4-8-10(21)18-12(22-8)19-11(15)16/h1-3,8H,4H2,(H,17,20)(H4,15,16,18,19,21)/t8-/m1/s1. The first-order chi connectivity index (χ1) is 10.3. The fourth-order valence-electron chi connectivity index (χ4n) is 1.62. The van der Waals surface area contributed by atoms with Crippen LogP contribution in [-0.4, -0.2) is 28.2 Å². The molecule has 0 fully saturated rings. The second-order valence-corrected chi connectivity index (χ2v) is 5.43. The van der Waals surface area contributed by atoms with E-state index in [1.807, 2.05) is 0 Å². The first-order valence-electron chi connectivity index (χ1n) is 5.99. The lowest BCUT2D eigenvalue weighted by atomic mass is 10.2. The summed E-state index contributed by atoms with van der Waals surface area (Å²) in [6.45, 7) is 0. The molecule has 2 rings (SSSR count). The van der Waals surface area contributed by atoms with Gasteiger partial charge in [0, 0.05) is 18.2 Å². The molecule has 1 heterocycles. The Kier molecular flexibility index (Phi) is 4.71. The number of nitrogens with two attached hydrogens (primary N) is 2. The van der Waals surface area contributed by atoms with Crippen molar-refractivity contribution >= 4 is 40.4 Å². The Morgan fingerprint density at radius 1 is 1.36 bits per heavy atom. The molecule has 0 bridgehead atoms. The van der Waals surface area contributed by atoms with Gasteiger partial charge in [0.25, 0.3) is 5.91 Å². The Hall–Kier alpha value is -2.49. The number of guanidine groups is 1. The molecule has 116 valence electrons. The number of carbonyl (C=O) groups excluding carboxylic acids is 2. The van der Waals surface area contributed by atoms with Gasteiger partial charge >= 0.3 is 0 Å². The molecule has 0 radical (unpaired) electrons. The first-order valence-corrected chi connectivity index (χ1v) is 6.87. The normalized spacial score (nSPS) is 17.1. The Morgan fingerprint density at radius 3 is 2.73 bits per heavy atom. The molecular weight excluding hydrogens is 316 g/mol. The number of nitrogens with zero attached hydrogens (tertiary/aromatic N) is 2. The van der Waals surface area contributed by atoms with Gasteiger partial charge in [0.2, 0.25) is 5.91 Å². The van der Waals surface area contributed by atoms with E-state index in [1.54, 1.807) is 0 Å². The molecule has 7 nitrogen and oxygen atoms in total. The van der Waals surface area contributed by atoms with Crippen molar-refractivity contribution in [2.45, 2.75) is 11.7 Å². The maximum atomic E-state index is 13.0. The second kappa shape index (κ2) is 6.52. The van der Waals surface area contributed by atoms with Crippen LogP contribution in [0, 0.1) is 11.6 Å². The van der Waals surface area contributed by atoms with Crippen molar-refractivity contribution in [3.8, 4) is 0 Å². The number of carbonyl (C=O) groups is 2. The van der Waals surface area contributed by atoms with Gasteiger partial charge in [-0.05, 0) is 12.1 Å². The van der Waals surface area contributed by atoms with Gasteiger partial charge < -0.3 is 16.8 Å². The predicted octanol–water partition coefficient (Wildman–Crippen LogP) is 0.565. The Bertz CT molecular complexity index is 688. The summed E-state index contributed by atoms with van der Waals surface area (Å²) in [5, 5.41) is 1.68. The average Bonchev–Trinajstić information content (AvgIpc) is 2.73. The largest absolute Gasteiger partial charge is 0.370 e. The van der Waals surface area contributed by atoms with Crippen molar-refractivity contribution < 1.29 is 18.4 Å². The summed E-state index contributed by atoms with van der Waals surface area (Å²) < 4.78 is 25.8. The number of amides is 2. The Morgan fingerprint density at radius 2 is 2.09 bits per heavy atom. The molecule has 0 aliphatic carbocycles. The molecule has 1 aliphatic rings. The summed E-state index contributed by atoms with van der Waals surface area (Å²) in [6, 6.07) is 2.94. The van der Waals surface area contributed by atoms with Gasteiger partial charge in [0.1, 0.15) is 5.25 Å². The number of rotatable bonds is 3. The third-order valence-electron chi connectivity index (χ3n) is 2.53. The van der Waals surface area contributed by atoms with Crippen molar-refractivity contribution in [2.75, 3.05) is 5.32 Å². The number of anilines is 1. The lowest BCUT2D eigenvalue weighted by molar-refractivity contribution is -0.121. The third kappa shape index (κ3) is 4.01. The fourth-order valence-corrected chi connectivity index (χ4v) is 2.56. The number of nitrogens with one attached hydrogen (secondary N) is 1. The highest BCUT2D eigenvalue weighted by molar-refractivity contribution is 8.15. The monoisotopic (exact) mass is 327 g/mol. The van der Waals surface area contributed by atoms with Crippen LogP contribution >= 0.6 is 11.8 Å². The first kappa shape index (κ1) is 15.9. The summed E-state index contributed by atoms with van der Waals surface area (Å²) in [4.78, 5) is 30.6. The molecule has 1 aromatic rings. The molecule has 5 N–H and O–H groups in total. The van der Waals surface area contributed by atoms with E-state index in [0.717, 1.165) is 23.9 Å². The lowest BCUT2D eigenvalue weighted by Gasteiger charge is -2.08. The van der Waals surface area contributed by atoms with Crippen LogP contribution in [0.15, 0.2) is 28.2 Å². The van der Waals surface area contributed by atoms with Crippen LogP contribution in [0.4, 0.5) is 14.5 Å². The van der Waals surface area contributed by atoms with Crippen molar-refractivity contribution in [2.24, 2.45) is 21.5 Å². The molecule has 22 heavy (non-hydrogen) atoms. The van der Waals surface area contributed by atoms with E-state index >= 15 is 0 Å². The van der Waals surface area contributed by atoms with E-state index in [0.29, 0.717) is 0 Å². The van der Waals surface area contributed by atoms with Crippen molar-refractivity contribution in [3.05, 3.63) is 29.8 Å². The third-order valence-corrected chi connectivity index (χ3v) is 3.57. The van der Waals surface area contributed by atoms with Gasteiger partial charge in [-0.25, -0.2) is 8.78 Å². The van der Waals surface area contributed by atoms with Gasteiger partial charge in [0.05, 0.1) is 0 Å². The van der Waals surface area contributed by atoms with E-state index in [4.69, 9.17) is 11.5 Å². The summed E-state index contributed by atoms with van der Waals surface area (Å²) in [6.07, 6.45) is -0.199. The van der Waals surface area contributed by atoms with E-state index in [2.05, 4.69) is 15.3 Å². The van der Waals surface area contributed by atoms with E-state index in [-0.39, 0.29) is 23.2 Å². The van der Waals surface area contributed by atoms with Crippen LogP contribution in [0.2, 0.25) is 0 Å². The zero-order chi connectivity index (χ0) is 16.3. The van der Waals surface area contributed by atoms with Crippen LogP contribution in [0.25, 0.3) is 0 Å². The summed E-state index contributed by atoms with van der Waals surface area (Å²) >= 11 is 0.950. The Labute approximate surface area is 127 Å². The van der Waals surface area contributed by atoms with Gasteiger partial charge in [0.15, 0.2) is 22.8 Å². The average molecular weight is 327 g/mol. The number of halogens is 2. The SMILES string of the molecule is NC(N)=NC1=NC(=O)[C@@H](CC(=O)Nc2ccc(F)c(F)c2)S1. The van der Waals surface area contributed by atoms with Crippen molar-refractivity contribution in [3.63, 3.8) is 0 Å². The van der Waals surface area contributed by atoms with Crippen molar-refractivity contribution in [1.29, 1.82) is 0 Å². The quantitative estimate of drug-likeness (QED) is 0.553. The molecule has 0 unspecified atom stereocenters. The number of hydrogen-bond donors (Lipinski definition) is 3. The topological polar surface area (TPSA) is 123 Å². The highest BCUT2D eigenvalue weighted by Crippen LogP contribution is 2.26. The molecule has 2 amide bonds. The number of aliphatic imine (C=N–C) groups is 2. The molecular formula is C12H11F2N5O2S. The smallest absolute Gasteiger partial charge is 0.262 e. The van der Waals surface area contributed by atoms with Crippen LogP contribution in [0.5, 0.6) is 0 Å². The predicted molar refractivity (Wildman–Crippen MR) is 79.2 cm³/mol. The van der Waals surface area contributed by atoms with Gasteiger partial charge in [-0.1, -0.05) is 11.8 Å². The maximum absolute atomic E-state index is 13.0. The summed E-state index contributed by atoms with van der Waals surface area (Å²) in [5.41, 5.74) is 10.4. The van der Waals surface area contributed by atoms with Crippen LogP contribution in [-0.2, 0) is 9.59 Å². The van der Waals surface area contributed by atoms with Crippen LogP contribution < -0.4 is 16.8 Å². The van der Waals surface area contributed by atoms with E-state index in [1.165, 1.54) is 6.07 Å². The molecule has 1 atom stereocenters. The van der Waals surface area contributed by atoms with Crippen LogP contribution in [0.1, 0.15) is 6.42 Å². The molecule has 1 aromatic carbocycles. The molecule has 0 spiro atoms. The van der Waals surface area contributed by atoms with E-state index < -0.39 is 28.7 Å². The summed E-state index contributed by atoms with van der Waals surface area (Å²) in [7, 11) is 0. The molecule has 0 aromatic heterocycles. The number of benzene rings is 1. The highest BCUT2D eigenvalue weighted by atomic mass is 32.2. The van der Waals surface area contributed by atoms with Crippen molar-refractivity contribution in [1.82, 2.24) is 0 Å². The minimum absolute atomic E-state index is 0.0793. The molecule has 10 heteroatoms. The molecule has 1 aliphatic heterocycles. The Balaban J connectivity index is 1.94. The van der Waals surface area contributed by atoms with Gasteiger partial charge in [-0.15, -0.1) is 0 Å². The lowest BCUT2D eigenvalue weighted by Crippen LogP contribution is -2.23. The zero-order valence-electron chi connectivity index (χ0n) is 11.0. The molecule has 0 saturated heterocycles. The highest BCUT2D eigenvalue weighted by Gasteiger charge is 2.30. The minimum Gasteiger partial charge on any atom is -0.370 e. The fraction of sp³-hybridized carbons (Fsp3) is 0.167. The maximum Gasteiger partial charge on any atom is 0.262 e.